The number of benzene rings is 2. The first kappa shape index (κ1) is 21.7. The summed E-state index contributed by atoms with van der Waals surface area (Å²) in [5.74, 6) is 1.34. The summed E-state index contributed by atoms with van der Waals surface area (Å²) in [6, 6.07) is 17.9. The fourth-order valence-electron chi connectivity index (χ4n) is 4.37. The summed E-state index contributed by atoms with van der Waals surface area (Å²) in [6.45, 7) is 1.71. The molecular formula is C27H26N4O3. The lowest BCUT2D eigenvalue weighted by Crippen LogP contribution is -2.36. The SMILES string of the molecule is COc1cc2c(cc1OC)CN(C(=O)c1cn(Cc3ccccc3)nc1-c1cccnc1)CC2. The van der Waals surface area contributed by atoms with Crippen molar-refractivity contribution in [3.05, 3.63) is 95.4 Å². The van der Waals surface area contributed by atoms with E-state index in [0.29, 0.717) is 42.4 Å². The van der Waals surface area contributed by atoms with Gasteiger partial charge >= 0.3 is 0 Å². The maximum absolute atomic E-state index is 13.7. The fourth-order valence-corrected chi connectivity index (χ4v) is 4.37. The third-order valence-electron chi connectivity index (χ3n) is 6.12. The second-order valence-corrected chi connectivity index (χ2v) is 8.27. The van der Waals surface area contributed by atoms with Gasteiger partial charge in [0.2, 0.25) is 0 Å². The predicted molar refractivity (Wildman–Crippen MR) is 129 cm³/mol. The van der Waals surface area contributed by atoms with Crippen LogP contribution < -0.4 is 9.47 Å². The minimum atomic E-state index is -0.0430. The van der Waals surface area contributed by atoms with Crippen molar-refractivity contribution < 1.29 is 14.3 Å². The molecule has 5 rings (SSSR count). The van der Waals surface area contributed by atoms with Crippen molar-refractivity contribution in [2.45, 2.75) is 19.5 Å². The Kier molecular flexibility index (Phi) is 5.99. The molecule has 3 heterocycles. The molecule has 0 bridgehead atoms. The average Bonchev–Trinajstić information content (AvgIpc) is 3.31. The number of ether oxygens (including phenoxy) is 2. The highest BCUT2D eigenvalue weighted by atomic mass is 16.5. The van der Waals surface area contributed by atoms with Crippen LogP contribution in [-0.2, 0) is 19.5 Å². The van der Waals surface area contributed by atoms with Crippen molar-refractivity contribution in [2.24, 2.45) is 0 Å². The Morgan fingerprint density at radius 3 is 2.47 bits per heavy atom. The Hall–Kier alpha value is -4.13. The van der Waals surface area contributed by atoms with Crippen LogP contribution in [0.2, 0.25) is 0 Å². The number of pyridine rings is 1. The van der Waals surface area contributed by atoms with Gasteiger partial charge in [-0.25, -0.2) is 0 Å². The molecule has 7 nitrogen and oxygen atoms in total. The minimum Gasteiger partial charge on any atom is -0.493 e. The van der Waals surface area contributed by atoms with E-state index in [4.69, 9.17) is 14.6 Å². The van der Waals surface area contributed by atoms with E-state index in [9.17, 15) is 4.79 Å². The van der Waals surface area contributed by atoms with Crippen molar-refractivity contribution in [3.63, 3.8) is 0 Å². The summed E-state index contributed by atoms with van der Waals surface area (Å²) in [7, 11) is 3.26. The lowest BCUT2D eigenvalue weighted by atomic mass is 9.98. The van der Waals surface area contributed by atoms with Crippen molar-refractivity contribution >= 4 is 5.91 Å². The zero-order chi connectivity index (χ0) is 23.5. The third-order valence-corrected chi connectivity index (χ3v) is 6.12. The molecule has 7 heteroatoms. The first-order valence-electron chi connectivity index (χ1n) is 11.2. The van der Waals surface area contributed by atoms with Crippen molar-refractivity contribution in [1.29, 1.82) is 0 Å². The summed E-state index contributed by atoms with van der Waals surface area (Å²) in [5.41, 5.74) is 5.40. The minimum absolute atomic E-state index is 0.0430. The van der Waals surface area contributed by atoms with E-state index in [-0.39, 0.29) is 5.91 Å². The monoisotopic (exact) mass is 454 g/mol. The van der Waals surface area contributed by atoms with Gasteiger partial charge in [0.15, 0.2) is 11.5 Å². The van der Waals surface area contributed by atoms with Gasteiger partial charge in [0.05, 0.1) is 26.3 Å². The highest BCUT2D eigenvalue weighted by Crippen LogP contribution is 2.34. The highest BCUT2D eigenvalue weighted by Gasteiger charge is 2.27. The van der Waals surface area contributed by atoms with E-state index in [0.717, 1.165) is 23.1 Å². The molecule has 2 aromatic carbocycles. The van der Waals surface area contributed by atoms with Crippen LogP contribution in [0.1, 0.15) is 27.0 Å². The topological polar surface area (TPSA) is 69.5 Å². The Morgan fingerprint density at radius 2 is 1.76 bits per heavy atom. The van der Waals surface area contributed by atoms with E-state index >= 15 is 0 Å². The summed E-state index contributed by atoms with van der Waals surface area (Å²) in [6.07, 6.45) is 6.06. The number of amides is 1. The smallest absolute Gasteiger partial charge is 0.258 e. The quantitative estimate of drug-likeness (QED) is 0.437. The Bertz CT molecular complexity index is 1300. The molecule has 0 atom stereocenters. The standard InChI is InChI=1S/C27H26N4O3/c1-33-24-13-20-10-12-30(17-22(20)14-25(24)34-2)27(32)23-18-31(16-19-7-4-3-5-8-19)29-26(23)21-9-6-11-28-15-21/h3-9,11,13-15,18H,10,12,16-17H2,1-2H3. The Balaban J connectivity index is 1.47. The highest BCUT2D eigenvalue weighted by molar-refractivity contribution is 5.99. The molecule has 1 aliphatic heterocycles. The van der Waals surface area contributed by atoms with Crippen molar-refractivity contribution in [1.82, 2.24) is 19.7 Å². The zero-order valence-corrected chi connectivity index (χ0v) is 19.3. The molecule has 0 radical (unpaired) electrons. The Morgan fingerprint density at radius 1 is 1.00 bits per heavy atom. The molecule has 0 spiro atoms. The van der Waals surface area contributed by atoms with Gasteiger partial charge in [-0.15, -0.1) is 0 Å². The van der Waals surface area contributed by atoms with Crippen LogP contribution in [0.4, 0.5) is 0 Å². The number of nitrogens with zero attached hydrogens (tertiary/aromatic N) is 4. The molecule has 2 aromatic heterocycles. The van der Waals surface area contributed by atoms with E-state index in [1.165, 1.54) is 5.56 Å². The molecule has 1 aliphatic rings. The van der Waals surface area contributed by atoms with E-state index in [1.54, 1.807) is 26.6 Å². The van der Waals surface area contributed by atoms with E-state index in [1.807, 2.05) is 58.2 Å². The largest absolute Gasteiger partial charge is 0.493 e. The van der Waals surface area contributed by atoms with Crippen LogP contribution in [0.3, 0.4) is 0 Å². The van der Waals surface area contributed by atoms with Crippen LogP contribution in [-0.4, -0.2) is 46.3 Å². The second kappa shape index (κ2) is 9.39. The second-order valence-electron chi connectivity index (χ2n) is 8.27. The van der Waals surface area contributed by atoms with E-state index < -0.39 is 0 Å². The average molecular weight is 455 g/mol. The molecule has 0 aliphatic carbocycles. The van der Waals surface area contributed by atoms with Gasteiger partial charge in [0.1, 0.15) is 5.69 Å². The lowest BCUT2D eigenvalue weighted by molar-refractivity contribution is 0.0735. The number of aromatic nitrogens is 3. The molecule has 0 saturated carbocycles. The normalized spacial score (nSPS) is 12.8. The summed E-state index contributed by atoms with van der Waals surface area (Å²) < 4.78 is 12.7. The van der Waals surface area contributed by atoms with Gasteiger partial charge in [-0.3, -0.25) is 14.5 Å². The van der Waals surface area contributed by atoms with E-state index in [2.05, 4.69) is 17.1 Å². The number of hydrogen-bond donors (Lipinski definition) is 0. The fraction of sp³-hybridized carbons (Fsp3) is 0.222. The number of fused-ring (bicyclic) bond motifs is 1. The van der Waals surface area contributed by atoms with Gasteiger partial charge in [-0.2, -0.15) is 5.10 Å². The van der Waals surface area contributed by atoms with Crippen LogP contribution in [0.15, 0.2) is 73.2 Å². The number of carbonyl (C=O) groups is 1. The molecule has 0 saturated heterocycles. The summed E-state index contributed by atoms with van der Waals surface area (Å²) in [4.78, 5) is 19.8. The van der Waals surface area contributed by atoms with Gasteiger partial charge in [0, 0.05) is 37.2 Å². The van der Waals surface area contributed by atoms with Gasteiger partial charge < -0.3 is 14.4 Å². The predicted octanol–water partition coefficient (Wildman–Crippen LogP) is 4.21. The van der Waals surface area contributed by atoms with Crippen LogP contribution in [0, 0.1) is 0 Å². The summed E-state index contributed by atoms with van der Waals surface area (Å²) >= 11 is 0. The lowest BCUT2D eigenvalue weighted by Gasteiger charge is -2.29. The number of methoxy groups -OCH3 is 2. The van der Waals surface area contributed by atoms with Gasteiger partial charge in [0.25, 0.3) is 5.91 Å². The first-order valence-corrected chi connectivity index (χ1v) is 11.2. The zero-order valence-electron chi connectivity index (χ0n) is 19.3. The van der Waals surface area contributed by atoms with Crippen LogP contribution in [0.25, 0.3) is 11.3 Å². The maximum Gasteiger partial charge on any atom is 0.258 e. The number of rotatable bonds is 6. The molecule has 0 unspecified atom stereocenters. The van der Waals surface area contributed by atoms with Gasteiger partial charge in [-0.05, 0) is 47.4 Å². The molecular weight excluding hydrogens is 428 g/mol. The summed E-state index contributed by atoms with van der Waals surface area (Å²) in [5, 5.41) is 4.78. The molecule has 0 N–H and O–H groups in total. The molecule has 1 amide bonds. The van der Waals surface area contributed by atoms with Crippen LogP contribution >= 0.6 is 0 Å². The molecule has 4 aromatic rings. The van der Waals surface area contributed by atoms with Crippen molar-refractivity contribution in [2.75, 3.05) is 20.8 Å². The van der Waals surface area contributed by atoms with Crippen molar-refractivity contribution in [3.8, 4) is 22.8 Å². The first-order chi connectivity index (χ1) is 16.7. The number of hydrogen-bond acceptors (Lipinski definition) is 5. The number of carbonyl (C=O) groups excluding carboxylic acids is 1. The molecule has 172 valence electrons. The molecule has 0 fully saturated rings. The Labute approximate surface area is 198 Å². The molecule has 34 heavy (non-hydrogen) atoms. The van der Waals surface area contributed by atoms with Gasteiger partial charge in [-0.1, -0.05) is 30.3 Å². The third kappa shape index (κ3) is 4.24. The van der Waals surface area contributed by atoms with Crippen LogP contribution in [0.5, 0.6) is 11.5 Å². The maximum atomic E-state index is 13.7.